The number of halogens is 4. The van der Waals surface area contributed by atoms with Crippen LogP contribution in [0.15, 0.2) is 65.9 Å². The summed E-state index contributed by atoms with van der Waals surface area (Å²) in [7, 11) is 0. The zero-order valence-electron chi connectivity index (χ0n) is 17.7. The Morgan fingerprint density at radius 2 is 1.65 bits per heavy atom. The molecule has 0 fully saturated rings. The van der Waals surface area contributed by atoms with Gasteiger partial charge in [0.05, 0.1) is 21.2 Å². The van der Waals surface area contributed by atoms with Gasteiger partial charge in [0, 0.05) is 18.3 Å². The van der Waals surface area contributed by atoms with E-state index in [1.54, 1.807) is 31.2 Å². The molecule has 0 aliphatic carbocycles. The average molecular weight is 495 g/mol. The van der Waals surface area contributed by atoms with E-state index >= 15 is 0 Å². The molecule has 178 valence electrons. The lowest BCUT2D eigenvalue weighted by Crippen LogP contribution is -2.09. The molecule has 3 aromatic rings. The van der Waals surface area contributed by atoms with Crippen LogP contribution in [0.25, 0.3) is 0 Å². The number of hydrogen-bond donors (Lipinski definition) is 1. The Bertz CT molecular complexity index is 1170. The van der Waals surface area contributed by atoms with Crippen LogP contribution < -0.4 is 14.9 Å². The summed E-state index contributed by atoms with van der Waals surface area (Å²) in [4.78, 5) is 13.8. The molecular weight excluding hydrogens is 477 g/mol. The van der Waals surface area contributed by atoms with Gasteiger partial charge in [0.25, 0.3) is 5.69 Å². The molecule has 1 heterocycles. The minimum atomic E-state index is -4.53. The Balaban J connectivity index is 1.49. The predicted octanol–water partition coefficient (Wildman–Crippen LogP) is 5.96. The number of nitrogens with zero attached hydrogens (tertiary/aromatic N) is 3. The van der Waals surface area contributed by atoms with Crippen LogP contribution in [-0.4, -0.2) is 28.8 Å². The fourth-order valence-corrected chi connectivity index (χ4v) is 2.86. The van der Waals surface area contributed by atoms with E-state index < -0.39 is 16.7 Å². The van der Waals surface area contributed by atoms with Gasteiger partial charge in [-0.1, -0.05) is 11.6 Å². The lowest BCUT2D eigenvalue weighted by atomic mass is 10.1. The van der Waals surface area contributed by atoms with E-state index in [4.69, 9.17) is 21.1 Å². The highest BCUT2D eigenvalue weighted by molar-refractivity contribution is 6.33. The minimum absolute atomic E-state index is 0.00184. The number of non-ortho nitro benzene ring substituents is 1. The molecule has 1 N–H and O–H groups in total. The van der Waals surface area contributed by atoms with Gasteiger partial charge >= 0.3 is 6.18 Å². The van der Waals surface area contributed by atoms with Crippen LogP contribution in [0, 0.1) is 10.1 Å². The number of pyridine rings is 1. The minimum Gasteiger partial charge on any atom is -0.490 e. The van der Waals surface area contributed by atoms with E-state index in [0.717, 1.165) is 11.6 Å². The predicted molar refractivity (Wildman–Crippen MR) is 121 cm³/mol. The molecule has 0 unspecified atom stereocenters. The molecule has 0 amide bonds. The maximum absolute atomic E-state index is 12.7. The van der Waals surface area contributed by atoms with Crippen molar-refractivity contribution in [2.75, 3.05) is 18.6 Å². The van der Waals surface area contributed by atoms with Crippen molar-refractivity contribution in [1.82, 2.24) is 4.98 Å². The number of hydrogen-bond acceptors (Lipinski definition) is 7. The van der Waals surface area contributed by atoms with E-state index in [-0.39, 0.29) is 29.7 Å². The number of benzene rings is 2. The first-order valence-corrected chi connectivity index (χ1v) is 10.1. The third kappa shape index (κ3) is 6.82. The van der Waals surface area contributed by atoms with E-state index in [1.165, 1.54) is 24.3 Å². The summed E-state index contributed by atoms with van der Waals surface area (Å²) in [5, 5.41) is 14.5. The number of aromatic nitrogens is 1. The van der Waals surface area contributed by atoms with Crippen molar-refractivity contribution in [3.8, 4) is 11.5 Å². The summed E-state index contributed by atoms with van der Waals surface area (Å²) in [6.45, 7) is 2.20. The molecule has 0 saturated carbocycles. The summed E-state index contributed by atoms with van der Waals surface area (Å²) in [6, 6.07) is 13.5. The molecule has 0 spiro atoms. The first-order chi connectivity index (χ1) is 16.1. The van der Waals surface area contributed by atoms with Gasteiger partial charge in [-0.2, -0.15) is 18.3 Å². The van der Waals surface area contributed by atoms with Crippen LogP contribution in [-0.2, 0) is 6.18 Å². The summed E-state index contributed by atoms with van der Waals surface area (Å²) in [6.07, 6.45) is -3.86. The van der Waals surface area contributed by atoms with E-state index in [1.807, 2.05) is 0 Å². The number of nitro groups is 1. The molecule has 0 saturated heterocycles. The van der Waals surface area contributed by atoms with E-state index in [2.05, 4.69) is 15.5 Å². The Morgan fingerprint density at radius 1 is 1.09 bits per heavy atom. The van der Waals surface area contributed by atoms with Crippen molar-refractivity contribution in [2.24, 2.45) is 5.10 Å². The van der Waals surface area contributed by atoms with Gasteiger partial charge in [-0.15, -0.1) is 0 Å². The smallest absolute Gasteiger partial charge is 0.417 e. The summed E-state index contributed by atoms with van der Waals surface area (Å²) >= 11 is 5.86. The van der Waals surface area contributed by atoms with Crippen LogP contribution in [0.5, 0.6) is 11.5 Å². The molecule has 2 aromatic carbocycles. The normalized spacial score (nSPS) is 11.7. The summed E-state index contributed by atoms with van der Waals surface area (Å²) in [5.41, 5.74) is 2.89. The third-order valence-electron chi connectivity index (χ3n) is 4.44. The molecule has 0 bridgehead atoms. The number of anilines is 1. The third-order valence-corrected chi connectivity index (χ3v) is 4.73. The number of nitrogens with one attached hydrogen (secondary N) is 1. The Hall–Kier alpha value is -3.86. The highest BCUT2D eigenvalue weighted by Crippen LogP contribution is 2.32. The summed E-state index contributed by atoms with van der Waals surface area (Å²) in [5.74, 6) is 1.08. The van der Waals surface area contributed by atoms with E-state index in [9.17, 15) is 23.3 Å². The van der Waals surface area contributed by atoms with Crippen molar-refractivity contribution in [3.05, 3.63) is 87.1 Å². The molecule has 34 heavy (non-hydrogen) atoms. The zero-order valence-corrected chi connectivity index (χ0v) is 18.4. The number of rotatable bonds is 9. The van der Waals surface area contributed by atoms with Crippen LogP contribution >= 0.6 is 11.6 Å². The SMILES string of the molecule is CC(=NNc1ncc(C(F)(F)F)cc1Cl)c1ccc(OCCOc2ccc([N+](=O)[O-])cc2)cc1. The van der Waals surface area contributed by atoms with Crippen LogP contribution in [0.2, 0.25) is 5.02 Å². The standard InChI is InChI=1S/C22H18ClF3N4O4/c1-14(28-29-21-20(23)12-16(13-27-21)22(24,25)26)15-2-6-18(7-3-15)33-10-11-34-19-8-4-17(5-9-19)30(31)32/h2-9,12-13H,10-11H2,1H3,(H,27,29). The lowest BCUT2D eigenvalue weighted by Gasteiger charge is -2.10. The van der Waals surface area contributed by atoms with Crippen molar-refractivity contribution in [1.29, 1.82) is 0 Å². The van der Waals surface area contributed by atoms with Gasteiger partial charge in [-0.25, -0.2) is 4.98 Å². The molecule has 1 aromatic heterocycles. The van der Waals surface area contributed by atoms with Gasteiger partial charge in [0.15, 0.2) is 5.82 Å². The molecule has 12 heteroatoms. The van der Waals surface area contributed by atoms with Crippen LogP contribution in [0.4, 0.5) is 24.7 Å². The Kier molecular flexibility index (Phi) is 7.90. The fourth-order valence-electron chi connectivity index (χ4n) is 2.65. The molecule has 0 radical (unpaired) electrons. The van der Waals surface area contributed by atoms with Crippen LogP contribution in [0.1, 0.15) is 18.1 Å². The molecule has 0 aliphatic rings. The topological polar surface area (TPSA) is 98.9 Å². The molecule has 3 rings (SSSR count). The number of ether oxygens (including phenoxy) is 2. The van der Waals surface area contributed by atoms with Crippen molar-refractivity contribution < 1.29 is 27.6 Å². The van der Waals surface area contributed by atoms with Gasteiger partial charge in [-0.3, -0.25) is 15.5 Å². The fraction of sp³-hybridized carbons (Fsp3) is 0.182. The molecule has 0 atom stereocenters. The highest BCUT2D eigenvalue weighted by Gasteiger charge is 2.31. The van der Waals surface area contributed by atoms with Gasteiger partial charge in [-0.05, 0) is 55.0 Å². The van der Waals surface area contributed by atoms with Crippen molar-refractivity contribution >= 4 is 28.8 Å². The number of hydrazone groups is 1. The summed E-state index contributed by atoms with van der Waals surface area (Å²) < 4.78 is 49.2. The second-order valence-corrected chi connectivity index (χ2v) is 7.24. The average Bonchev–Trinajstić information content (AvgIpc) is 2.81. The quantitative estimate of drug-likeness (QED) is 0.171. The number of nitro benzene ring substituents is 1. The Morgan fingerprint density at radius 3 is 2.15 bits per heavy atom. The number of alkyl halides is 3. The van der Waals surface area contributed by atoms with Gasteiger partial charge in [0.1, 0.15) is 24.7 Å². The largest absolute Gasteiger partial charge is 0.490 e. The maximum Gasteiger partial charge on any atom is 0.417 e. The second-order valence-electron chi connectivity index (χ2n) is 6.83. The maximum atomic E-state index is 12.7. The Labute approximate surface area is 197 Å². The first kappa shape index (κ1) is 24.8. The van der Waals surface area contributed by atoms with Crippen LogP contribution in [0.3, 0.4) is 0 Å². The van der Waals surface area contributed by atoms with Crippen molar-refractivity contribution in [3.63, 3.8) is 0 Å². The monoisotopic (exact) mass is 494 g/mol. The first-order valence-electron chi connectivity index (χ1n) is 9.77. The van der Waals surface area contributed by atoms with E-state index in [0.29, 0.717) is 23.4 Å². The van der Waals surface area contributed by atoms with Gasteiger partial charge < -0.3 is 9.47 Å². The van der Waals surface area contributed by atoms with Crippen molar-refractivity contribution in [2.45, 2.75) is 13.1 Å². The highest BCUT2D eigenvalue weighted by atomic mass is 35.5. The second kappa shape index (κ2) is 10.8. The molecule has 8 nitrogen and oxygen atoms in total. The lowest BCUT2D eigenvalue weighted by molar-refractivity contribution is -0.384. The van der Waals surface area contributed by atoms with Gasteiger partial charge in [0.2, 0.25) is 0 Å². The molecular formula is C22H18ClF3N4O4. The zero-order chi connectivity index (χ0) is 24.7. The molecule has 0 aliphatic heterocycles.